The Bertz CT molecular complexity index is 1250. The van der Waals surface area contributed by atoms with E-state index in [0.29, 0.717) is 24.6 Å². The first-order valence-corrected chi connectivity index (χ1v) is 12.3. The molecule has 180 valence electrons. The third-order valence-corrected chi connectivity index (χ3v) is 6.34. The monoisotopic (exact) mass is 489 g/mol. The highest BCUT2D eigenvalue weighted by molar-refractivity contribution is 7.14. The van der Waals surface area contributed by atoms with Crippen LogP contribution in [0.15, 0.2) is 78.2 Å². The second kappa shape index (κ2) is 11.1. The largest absolute Gasteiger partial charge is 0.497 e. The molecule has 0 aliphatic heterocycles. The van der Waals surface area contributed by atoms with Crippen molar-refractivity contribution in [2.75, 3.05) is 18.6 Å². The number of carbonyl (C=O) groups is 1. The number of aromatic nitrogens is 1. The van der Waals surface area contributed by atoms with Gasteiger partial charge in [-0.05, 0) is 72.1 Å². The molecule has 1 N–H and O–H groups in total. The third kappa shape index (κ3) is 6.25. The van der Waals surface area contributed by atoms with Gasteiger partial charge in [0.1, 0.15) is 11.6 Å². The molecule has 4 rings (SSSR count). The van der Waals surface area contributed by atoms with Crippen molar-refractivity contribution < 1.29 is 13.9 Å². The molecule has 1 amide bonds. The minimum absolute atomic E-state index is 0.0684. The Balaban J connectivity index is 1.59. The highest BCUT2D eigenvalue weighted by Crippen LogP contribution is 2.34. The fourth-order valence-corrected chi connectivity index (χ4v) is 4.37. The summed E-state index contributed by atoms with van der Waals surface area (Å²) in [7, 11) is 1.64. The summed E-state index contributed by atoms with van der Waals surface area (Å²) in [6.45, 7) is 5.34. The molecule has 0 aliphatic rings. The molecule has 3 aromatic carbocycles. The van der Waals surface area contributed by atoms with E-state index in [2.05, 4.69) is 24.1 Å². The van der Waals surface area contributed by atoms with Crippen LogP contribution in [0.1, 0.15) is 29.8 Å². The molecule has 1 aromatic heterocycles. The molecule has 0 saturated carbocycles. The van der Waals surface area contributed by atoms with Gasteiger partial charge < -0.3 is 15.0 Å². The van der Waals surface area contributed by atoms with Crippen molar-refractivity contribution in [1.82, 2.24) is 10.3 Å². The Morgan fingerprint density at radius 3 is 2.34 bits per heavy atom. The molecule has 5 nitrogen and oxygen atoms in total. The first-order valence-electron chi connectivity index (χ1n) is 11.4. The molecule has 0 unspecified atom stereocenters. The Labute approximate surface area is 209 Å². The van der Waals surface area contributed by atoms with Gasteiger partial charge in [0, 0.05) is 28.7 Å². The maximum absolute atomic E-state index is 13.4. The van der Waals surface area contributed by atoms with Crippen LogP contribution in [0.2, 0.25) is 0 Å². The zero-order chi connectivity index (χ0) is 24.8. The number of hydrogen-bond donors (Lipinski definition) is 1. The number of rotatable bonds is 9. The van der Waals surface area contributed by atoms with Crippen LogP contribution in [0.3, 0.4) is 0 Å². The van der Waals surface area contributed by atoms with E-state index in [0.717, 1.165) is 33.4 Å². The number of hydrogen-bond acceptors (Lipinski definition) is 5. The number of ether oxygens (including phenoxy) is 1. The van der Waals surface area contributed by atoms with Gasteiger partial charge in [-0.3, -0.25) is 4.79 Å². The van der Waals surface area contributed by atoms with E-state index >= 15 is 0 Å². The van der Waals surface area contributed by atoms with Crippen molar-refractivity contribution in [2.45, 2.75) is 20.4 Å². The van der Waals surface area contributed by atoms with E-state index in [9.17, 15) is 9.18 Å². The zero-order valence-electron chi connectivity index (χ0n) is 20.0. The Morgan fingerprint density at radius 1 is 1.03 bits per heavy atom. The van der Waals surface area contributed by atoms with Gasteiger partial charge in [-0.1, -0.05) is 26.0 Å². The first kappa shape index (κ1) is 24.4. The van der Waals surface area contributed by atoms with Crippen LogP contribution in [-0.2, 0) is 6.54 Å². The lowest BCUT2D eigenvalue weighted by molar-refractivity contribution is 0.0949. The molecule has 0 aliphatic carbocycles. The molecule has 0 radical (unpaired) electrons. The quantitative estimate of drug-likeness (QED) is 0.285. The number of carbonyl (C=O) groups excluding carboxylic acids is 1. The fourth-order valence-electron chi connectivity index (χ4n) is 3.52. The minimum atomic E-state index is -0.273. The van der Waals surface area contributed by atoms with Gasteiger partial charge in [-0.2, -0.15) is 0 Å². The Kier molecular flexibility index (Phi) is 7.77. The number of anilines is 2. The van der Waals surface area contributed by atoms with E-state index in [-0.39, 0.29) is 11.7 Å². The summed E-state index contributed by atoms with van der Waals surface area (Å²) in [6, 6.07) is 21.8. The number of amides is 1. The molecule has 0 bridgehead atoms. The lowest BCUT2D eigenvalue weighted by atomic mass is 10.1. The van der Waals surface area contributed by atoms with E-state index < -0.39 is 0 Å². The smallest absolute Gasteiger partial charge is 0.251 e. The Morgan fingerprint density at radius 2 is 1.71 bits per heavy atom. The molecule has 0 spiro atoms. The number of nitrogens with one attached hydrogen (secondary N) is 1. The van der Waals surface area contributed by atoms with Crippen LogP contribution in [0, 0.1) is 11.7 Å². The zero-order valence-corrected chi connectivity index (χ0v) is 20.8. The topological polar surface area (TPSA) is 54.5 Å². The summed E-state index contributed by atoms with van der Waals surface area (Å²) in [6.07, 6.45) is 0. The van der Waals surface area contributed by atoms with Crippen molar-refractivity contribution >= 4 is 28.1 Å². The average Bonchev–Trinajstić information content (AvgIpc) is 3.36. The van der Waals surface area contributed by atoms with E-state index in [4.69, 9.17) is 9.72 Å². The second-order valence-electron chi connectivity index (χ2n) is 8.61. The average molecular weight is 490 g/mol. The molecule has 1 heterocycles. The van der Waals surface area contributed by atoms with Crippen molar-refractivity contribution in [2.24, 2.45) is 5.92 Å². The van der Waals surface area contributed by atoms with Gasteiger partial charge in [0.2, 0.25) is 0 Å². The summed E-state index contributed by atoms with van der Waals surface area (Å²) < 4.78 is 18.7. The van der Waals surface area contributed by atoms with Crippen LogP contribution in [-0.4, -0.2) is 24.5 Å². The number of halogens is 1. The number of thiazole rings is 1. The number of nitrogens with zero attached hydrogens (tertiary/aromatic N) is 2. The molecule has 4 aromatic rings. The molecule has 0 fully saturated rings. The van der Waals surface area contributed by atoms with Crippen molar-refractivity contribution in [3.8, 4) is 17.0 Å². The van der Waals surface area contributed by atoms with Gasteiger partial charge >= 0.3 is 0 Å². The van der Waals surface area contributed by atoms with Gasteiger partial charge in [0.25, 0.3) is 5.91 Å². The van der Waals surface area contributed by atoms with Crippen LogP contribution in [0.5, 0.6) is 5.75 Å². The molecule has 7 heteroatoms. The van der Waals surface area contributed by atoms with E-state index in [1.165, 1.54) is 23.5 Å². The van der Waals surface area contributed by atoms with E-state index in [1.54, 1.807) is 19.2 Å². The van der Waals surface area contributed by atoms with Crippen LogP contribution in [0.25, 0.3) is 11.3 Å². The van der Waals surface area contributed by atoms with Crippen molar-refractivity contribution in [3.05, 3.63) is 95.1 Å². The summed E-state index contributed by atoms with van der Waals surface area (Å²) in [5, 5.41) is 5.74. The molecule has 0 saturated heterocycles. The summed E-state index contributed by atoms with van der Waals surface area (Å²) in [5.74, 6) is 0.831. The summed E-state index contributed by atoms with van der Waals surface area (Å²) >= 11 is 1.52. The van der Waals surface area contributed by atoms with Crippen LogP contribution < -0.4 is 15.0 Å². The van der Waals surface area contributed by atoms with Gasteiger partial charge in [-0.25, -0.2) is 9.37 Å². The summed E-state index contributed by atoms with van der Waals surface area (Å²) in [4.78, 5) is 19.3. The van der Waals surface area contributed by atoms with E-state index in [1.807, 2.05) is 53.9 Å². The highest BCUT2D eigenvalue weighted by atomic mass is 32.1. The maximum atomic E-state index is 13.4. The second-order valence-corrected chi connectivity index (χ2v) is 9.44. The van der Waals surface area contributed by atoms with Crippen molar-refractivity contribution in [3.63, 3.8) is 0 Å². The van der Waals surface area contributed by atoms with Crippen LogP contribution in [0.4, 0.5) is 15.2 Å². The van der Waals surface area contributed by atoms with Gasteiger partial charge in [-0.15, -0.1) is 11.3 Å². The first-order chi connectivity index (χ1) is 16.9. The molecule has 0 atom stereocenters. The van der Waals surface area contributed by atoms with Gasteiger partial charge in [0.15, 0.2) is 5.13 Å². The maximum Gasteiger partial charge on any atom is 0.251 e. The highest BCUT2D eigenvalue weighted by Gasteiger charge is 2.16. The minimum Gasteiger partial charge on any atom is -0.497 e. The number of benzene rings is 3. The third-order valence-electron chi connectivity index (χ3n) is 5.47. The van der Waals surface area contributed by atoms with Crippen molar-refractivity contribution in [1.29, 1.82) is 0 Å². The Hall–Kier alpha value is -3.71. The standard InChI is InChI=1S/C28H28FN3O2S/c1-19(2)16-30-27(33)22-6-4-20(5-7-22)17-32(24-12-14-25(34-3)15-13-24)28-31-26(18-35-28)21-8-10-23(29)11-9-21/h4-15,18-19H,16-17H2,1-3H3,(H,30,33). The predicted molar refractivity (Wildman–Crippen MR) is 140 cm³/mol. The van der Waals surface area contributed by atoms with Crippen LogP contribution >= 0.6 is 11.3 Å². The molecular formula is C28H28FN3O2S. The fraction of sp³-hybridized carbons (Fsp3) is 0.214. The predicted octanol–water partition coefficient (Wildman–Crippen LogP) is 6.68. The lowest BCUT2D eigenvalue weighted by Gasteiger charge is -2.22. The lowest BCUT2D eigenvalue weighted by Crippen LogP contribution is -2.27. The SMILES string of the molecule is COc1ccc(N(Cc2ccc(C(=O)NCC(C)C)cc2)c2nc(-c3ccc(F)cc3)cs2)cc1. The molecular weight excluding hydrogens is 461 g/mol. The van der Waals surface area contributed by atoms with Gasteiger partial charge in [0.05, 0.1) is 19.3 Å². The summed E-state index contributed by atoms with van der Waals surface area (Å²) in [5.41, 5.74) is 4.29. The number of methoxy groups -OCH3 is 1. The normalized spacial score (nSPS) is 10.9. The molecule has 35 heavy (non-hydrogen) atoms.